The number of anilines is 1. The van der Waals surface area contributed by atoms with Crippen molar-refractivity contribution in [3.05, 3.63) is 47.0 Å². The van der Waals surface area contributed by atoms with Crippen molar-refractivity contribution >= 4 is 17.3 Å². The molecule has 0 bridgehead atoms. The van der Waals surface area contributed by atoms with E-state index in [9.17, 15) is 0 Å². The molecule has 0 aromatic heterocycles. The molecule has 20 heavy (non-hydrogen) atoms. The van der Waals surface area contributed by atoms with Gasteiger partial charge in [0.15, 0.2) is 17.2 Å². The van der Waals surface area contributed by atoms with Crippen molar-refractivity contribution in [3.63, 3.8) is 0 Å². The molecule has 0 aliphatic heterocycles. The first-order chi connectivity index (χ1) is 9.65. The van der Waals surface area contributed by atoms with Crippen LogP contribution in [0.25, 0.3) is 0 Å². The normalized spacial score (nSPS) is 10.2. The zero-order chi connectivity index (χ0) is 14.5. The Kier molecular flexibility index (Phi) is 4.58. The average Bonchev–Trinajstić information content (AvgIpc) is 2.46. The van der Waals surface area contributed by atoms with Crippen molar-refractivity contribution in [1.29, 1.82) is 0 Å². The highest BCUT2D eigenvalue weighted by molar-refractivity contribution is 6.32. The molecule has 2 aromatic carbocycles. The highest BCUT2D eigenvalue weighted by Crippen LogP contribution is 2.32. The maximum Gasteiger partial charge on any atom is 0.161 e. The summed E-state index contributed by atoms with van der Waals surface area (Å²) >= 11 is 6.05. The van der Waals surface area contributed by atoms with Gasteiger partial charge in [-0.15, -0.1) is 0 Å². The monoisotopic (exact) mass is 293 g/mol. The zero-order valence-corrected chi connectivity index (χ0v) is 12.1. The van der Waals surface area contributed by atoms with Crippen molar-refractivity contribution in [1.82, 2.24) is 0 Å². The van der Waals surface area contributed by atoms with Gasteiger partial charge in [-0.25, -0.2) is 0 Å². The number of methoxy groups -OCH3 is 2. The van der Waals surface area contributed by atoms with Crippen LogP contribution in [-0.2, 0) is 6.61 Å². The minimum atomic E-state index is 0.342. The summed E-state index contributed by atoms with van der Waals surface area (Å²) < 4.78 is 16.1. The fourth-order valence-corrected chi connectivity index (χ4v) is 2.04. The first-order valence-corrected chi connectivity index (χ1v) is 6.41. The predicted octanol–water partition coefficient (Wildman–Crippen LogP) is 3.52. The van der Waals surface area contributed by atoms with Crippen molar-refractivity contribution in [2.45, 2.75) is 6.61 Å². The molecule has 0 fully saturated rings. The van der Waals surface area contributed by atoms with Crippen LogP contribution in [0, 0.1) is 0 Å². The maximum atomic E-state index is 6.05. The van der Waals surface area contributed by atoms with E-state index < -0.39 is 0 Å². The molecule has 106 valence electrons. The number of hydrogen-bond acceptors (Lipinski definition) is 4. The average molecular weight is 294 g/mol. The molecule has 0 spiro atoms. The van der Waals surface area contributed by atoms with Crippen LogP contribution in [0.1, 0.15) is 5.56 Å². The number of nitrogen functional groups attached to an aromatic ring is 1. The molecule has 0 saturated carbocycles. The summed E-state index contributed by atoms with van der Waals surface area (Å²) in [6.45, 7) is 0.342. The van der Waals surface area contributed by atoms with E-state index in [1.54, 1.807) is 32.4 Å². The summed E-state index contributed by atoms with van der Waals surface area (Å²) in [4.78, 5) is 0. The third-order valence-corrected chi connectivity index (χ3v) is 3.13. The molecule has 2 N–H and O–H groups in total. The van der Waals surface area contributed by atoms with Gasteiger partial charge in [0.1, 0.15) is 6.61 Å². The standard InChI is InChI=1S/C15H16ClNO3/c1-18-13-7-6-10(8-14(13)19-2)9-20-15-11(16)4-3-5-12(15)17/h3-8H,9,17H2,1-2H3. The molecule has 0 aliphatic carbocycles. The molecule has 0 amide bonds. The summed E-state index contributed by atoms with van der Waals surface area (Å²) in [5.41, 5.74) is 7.28. The fourth-order valence-electron chi connectivity index (χ4n) is 1.80. The van der Waals surface area contributed by atoms with E-state index in [-0.39, 0.29) is 0 Å². The van der Waals surface area contributed by atoms with Gasteiger partial charge in [0.2, 0.25) is 0 Å². The van der Waals surface area contributed by atoms with Gasteiger partial charge < -0.3 is 19.9 Å². The lowest BCUT2D eigenvalue weighted by Crippen LogP contribution is -2.00. The number of nitrogens with two attached hydrogens (primary N) is 1. The second-order valence-electron chi connectivity index (χ2n) is 4.14. The van der Waals surface area contributed by atoms with Gasteiger partial charge in [-0.05, 0) is 29.8 Å². The summed E-state index contributed by atoms with van der Waals surface area (Å²) in [5, 5.41) is 0.491. The zero-order valence-electron chi connectivity index (χ0n) is 11.4. The van der Waals surface area contributed by atoms with Crippen molar-refractivity contribution in [2.75, 3.05) is 20.0 Å². The highest BCUT2D eigenvalue weighted by Gasteiger charge is 2.08. The third kappa shape index (κ3) is 3.08. The van der Waals surface area contributed by atoms with E-state index in [1.807, 2.05) is 18.2 Å². The Morgan fingerprint density at radius 1 is 1.05 bits per heavy atom. The van der Waals surface area contributed by atoms with Crippen LogP contribution < -0.4 is 19.9 Å². The minimum Gasteiger partial charge on any atom is -0.493 e. The van der Waals surface area contributed by atoms with Crippen LogP contribution in [0.3, 0.4) is 0 Å². The van der Waals surface area contributed by atoms with Gasteiger partial charge in [0.25, 0.3) is 0 Å². The predicted molar refractivity (Wildman–Crippen MR) is 79.7 cm³/mol. The van der Waals surface area contributed by atoms with Crippen LogP contribution in [0.4, 0.5) is 5.69 Å². The van der Waals surface area contributed by atoms with E-state index in [0.717, 1.165) is 5.56 Å². The van der Waals surface area contributed by atoms with Crippen LogP contribution >= 0.6 is 11.6 Å². The van der Waals surface area contributed by atoms with E-state index >= 15 is 0 Å². The van der Waals surface area contributed by atoms with Crippen molar-refractivity contribution < 1.29 is 14.2 Å². The second kappa shape index (κ2) is 6.39. The first-order valence-electron chi connectivity index (χ1n) is 6.03. The lowest BCUT2D eigenvalue weighted by atomic mass is 10.2. The summed E-state index contributed by atoms with van der Waals surface area (Å²) in [6, 6.07) is 10.8. The lowest BCUT2D eigenvalue weighted by Gasteiger charge is -2.12. The SMILES string of the molecule is COc1ccc(COc2c(N)cccc2Cl)cc1OC. The topological polar surface area (TPSA) is 53.7 Å². The molecule has 0 atom stereocenters. The fraction of sp³-hybridized carbons (Fsp3) is 0.200. The van der Waals surface area contributed by atoms with E-state index in [1.165, 1.54) is 0 Å². The lowest BCUT2D eigenvalue weighted by molar-refractivity contribution is 0.305. The number of rotatable bonds is 5. The molecule has 4 nitrogen and oxygen atoms in total. The van der Waals surface area contributed by atoms with Crippen LogP contribution in [0.5, 0.6) is 17.2 Å². The number of benzene rings is 2. The molecule has 0 aliphatic rings. The van der Waals surface area contributed by atoms with Gasteiger partial charge in [0.05, 0.1) is 24.9 Å². The summed E-state index contributed by atoms with van der Waals surface area (Å²) in [7, 11) is 3.19. The number of hydrogen-bond donors (Lipinski definition) is 1. The molecule has 0 unspecified atom stereocenters. The molecule has 0 heterocycles. The van der Waals surface area contributed by atoms with Gasteiger partial charge >= 0.3 is 0 Å². The first kappa shape index (κ1) is 14.3. The molecule has 5 heteroatoms. The van der Waals surface area contributed by atoms with Gasteiger partial charge in [-0.2, -0.15) is 0 Å². The Morgan fingerprint density at radius 2 is 1.80 bits per heavy atom. The Bertz CT molecular complexity index is 581. The molecular formula is C15H16ClNO3. The van der Waals surface area contributed by atoms with E-state index in [4.69, 9.17) is 31.5 Å². The van der Waals surface area contributed by atoms with Crippen LogP contribution in [0.2, 0.25) is 5.02 Å². The van der Waals surface area contributed by atoms with Crippen molar-refractivity contribution in [2.24, 2.45) is 0 Å². The van der Waals surface area contributed by atoms with Crippen molar-refractivity contribution in [3.8, 4) is 17.2 Å². The van der Waals surface area contributed by atoms with Gasteiger partial charge in [0, 0.05) is 0 Å². The third-order valence-electron chi connectivity index (χ3n) is 2.83. The van der Waals surface area contributed by atoms with E-state index in [0.29, 0.717) is 34.6 Å². The smallest absolute Gasteiger partial charge is 0.161 e. The Hall–Kier alpha value is -2.07. The van der Waals surface area contributed by atoms with Crippen LogP contribution in [-0.4, -0.2) is 14.2 Å². The summed E-state index contributed by atoms with van der Waals surface area (Å²) in [5.74, 6) is 1.82. The molecule has 2 aromatic rings. The van der Waals surface area contributed by atoms with E-state index in [2.05, 4.69) is 0 Å². The van der Waals surface area contributed by atoms with Crippen LogP contribution in [0.15, 0.2) is 36.4 Å². The maximum absolute atomic E-state index is 6.05. The number of para-hydroxylation sites is 1. The second-order valence-corrected chi connectivity index (χ2v) is 4.54. The van der Waals surface area contributed by atoms with Gasteiger partial charge in [-0.1, -0.05) is 23.7 Å². The highest BCUT2D eigenvalue weighted by atomic mass is 35.5. The summed E-state index contributed by atoms with van der Waals surface area (Å²) in [6.07, 6.45) is 0. The largest absolute Gasteiger partial charge is 0.493 e. The Labute approximate surface area is 123 Å². The molecular weight excluding hydrogens is 278 g/mol. The minimum absolute atomic E-state index is 0.342. The molecule has 0 radical (unpaired) electrons. The quantitative estimate of drug-likeness (QED) is 0.857. The molecule has 2 rings (SSSR count). The number of halogens is 1. The molecule has 0 saturated heterocycles. The Balaban J connectivity index is 2.15. The Morgan fingerprint density at radius 3 is 2.45 bits per heavy atom. The number of ether oxygens (including phenoxy) is 3. The van der Waals surface area contributed by atoms with Gasteiger partial charge in [-0.3, -0.25) is 0 Å².